The van der Waals surface area contributed by atoms with Gasteiger partial charge in [0.05, 0.1) is 22.5 Å². The number of carbonyl (C=O) groups excluding carboxylic acids is 2. The van der Waals surface area contributed by atoms with Crippen molar-refractivity contribution in [2.75, 3.05) is 0 Å². The van der Waals surface area contributed by atoms with E-state index in [1.54, 1.807) is 12.3 Å². The van der Waals surface area contributed by atoms with Gasteiger partial charge in [0, 0.05) is 68.3 Å². The molecule has 0 radical (unpaired) electrons. The van der Waals surface area contributed by atoms with Crippen molar-refractivity contribution in [2.45, 2.75) is 31.7 Å². The molecular weight excluding hydrogens is 584 g/mol. The number of carbonyl (C=O) groups is 3. The quantitative estimate of drug-likeness (QED) is 0.213. The topological polar surface area (TPSA) is 119 Å². The molecule has 4 aromatic rings. The standard InChI is InChI=1S/C14H10F3N3O.C14H11F3N2O3/c15-8-6-9(16)13(10(17)7-8)14-11(2-3-12(21)19-14)20-5-1-4-18-20;15-8-6-9(16)13(10(17)7-8)14(22)11(2-3-12(20)21)19-5-1-4-18-19/h1,4-7H,2-3H2,(H,19,21);1,4-7,11H,2-3H2,(H,20,21). The molecule has 224 valence electrons. The number of rotatable bonds is 8. The summed E-state index contributed by atoms with van der Waals surface area (Å²) in [5, 5.41) is 19.0. The fraction of sp³-hybridized carbons (Fsp3) is 0.179. The normalized spacial score (nSPS) is 13.7. The van der Waals surface area contributed by atoms with Crippen molar-refractivity contribution in [2.24, 2.45) is 0 Å². The molecule has 2 aromatic heterocycles. The van der Waals surface area contributed by atoms with Crippen LogP contribution in [0.25, 0.3) is 11.4 Å². The Balaban J connectivity index is 0.000000197. The first kappa shape index (κ1) is 30.7. The molecule has 0 saturated carbocycles. The van der Waals surface area contributed by atoms with Crippen molar-refractivity contribution in [1.29, 1.82) is 0 Å². The maximum Gasteiger partial charge on any atom is 0.303 e. The Labute approximate surface area is 239 Å². The second-order valence-electron chi connectivity index (χ2n) is 9.11. The summed E-state index contributed by atoms with van der Waals surface area (Å²) >= 11 is 0. The maximum absolute atomic E-state index is 13.9. The summed E-state index contributed by atoms with van der Waals surface area (Å²) in [4.78, 5) is 34.6. The van der Waals surface area contributed by atoms with Gasteiger partial charge in [0.2, 0.25) is 5.91 Å². The first-order valence-electron chi connectivity index (χ1n) is 12.5. The Morgan fingerprint density at radius 1 is 0.860 bits per heavy atom. The molecule has 9 nitrogen and oxygen atoms in total. The first-order valence-corrected chi connectivity index (χ1v) is 12.5. The molecule has 0 spiro atoms. The maximum atomic E-state index is 13.9. The predicted molar refractivity (Wildman–Crippen MR) is 138 cm³/mol. The third kappa shape index (κ3) is 7.17. The van der Waals surface area contributed by atoms with Crippen molar-refractivity contribution in [1.82, 2.24) is 24.9 Å². The molecule has 5 rings (SSSR count). The van der Waals surface area contributed by atoms with Gasteiger partial charge >= 0.3 is 5.97 Å². The Kier molecular flexibility index (Phi) is 9.42. The van der Waals surface area contributed by atoms with Gasteiger partial charge in [-0.05, 0) is 18.6 Å². The number of allylic oxidation sites excluding steroid dienone is 1. The van der Waals surface area contributed by atoms with Gasteiger partial charge in [-0.2, -0.15) is 10.2 Å². The number of Topliss-reactive ketones (excluding diaryl/α,β-unsaturated/α-hetero) is 1. The number of nitrogens with zero attached hydrogens (tertiary/aromatic N) is 4. The van der Waals surface area contributed by atoms with E-state index in [2.05, 4.69) is 15.5 Å². The van der Waals surface area contributed by atoms with E-state index in [9.17, 15) is 40.7 Å². The molecule has 3 heterocycles. The predicted octanol–water partition coefficient (Wildman–Crippen LogP) is 5.13. The number of carboxylic acids is 1. The number of aromatic nitrogens is 4. The summed E-state index contributed by atoms with van der Waals surface area (Å²) in [6, 6.07) is 3.89. The van der Waals surface area contributed by atoms with Gasteiger partial charge in [-0.25, -0.2) is 31.0 Å². The van der Waals surface area contributed by atoms with Gasteiger partial charge in [0.25, 0.3) is 0 Å². The van der Waals surface area contributed by atoms with E-state index in [0.29, 0.717) is 30.0 Å². The van der Waals surface area contributed by atoms with Crippen LogP contribution in [0.5, 0.6) is 0 Å². The minimum absolute atomic E-state index is 0.0232. The highest BCUT2D eigenvalue weighted by molar-refractivity contribution is 5.99. The van der Waals surface area contributed by atoms with Crippen LogP contribution in [0.3, 0.4) is 0 Å². The number of carboxylic acid groups (broad SMARTS) is 1. The largest absolute Gasteiger partial charge is 0.481 e. The summed E-state index contributed by atoms with van der Waals surface area (Å²) in [6.45, 7) is 0. The molecule has 1 amide bonds. The molecule has 0 saturated heterocycles. The Hall–Kier alpha value is -5.21. The minimum atomic E-state index is -1.34. The lowest BCUT2D eigenvalue weighted by molar-refractivity contribution is -0.137. The summed E-state index contributed by atoms with van der Waals surface area (Å²) in [5.74, 6) is -9.51. The number of benzene rings is 2. The van der Waals surface area contributed by atoms with Crippen LogP contribution in [0.1, 0.15) is 47.6 Å². The zero-order valence-corrected chi connectivity index (χ0v) is 21.9. The molecular formula is C28H21F6N5O4. The van der Waals surface area contributed by atoms with Crippen LogP contribution in [0.2, 0.25) is 0 Å². The second-order valence-corrected chi connectivity index (χ2v) is 9.11. The number of nitrogens with one attached hydrogen (secondary N) is 1. The third-order valence-electron chi connectivity index (χ3n) is 6.21. The zero-order chi connectivity index (χ0) is 31.3. The number of hydrogen-bond acceptors (Lipinski definition) is 5. The van der Waals surface area contributed by atoms with Crippen molar-refractivity contribution >= 4 is 29.1 Å². The van der Waals surface area contributed by atoms with Gasteiger partial charge in [0.1, 0.15) is 40.9 Å². The summed E-state index contributed by atoms with van der Waals surface area (Å²) in [5.41, 5.74) is -0.948. The number of aliphatic carboxylic acids is 1. The lowest BCUT2D eigenvalue weighted by atomic mass is 9.99. The first-order chi connectivity index (χ1) is 20.5. The van der Waals surface area contributed by atoms with E-state index < -0.39 is 63.8 Å². The van der Waals surface area contributed by atoms with E-state index in [0.717, 1.165) is 4.68 Å². The van der Waals surface area contributed by atoms with Crippen molar-refractivity contribution < 1.29 is 45.8 Å². The average Bonchev–Trinajstić information content (AvgIpc) is 3.63. The highest BCUT2D eigenvalue weighted by Gasteiger charge is 2.29. The molecule has 1 unspecified atom stereocenters. The monoisotopic (exact) mass is 605 g/mol. The van der Waals surface area contributed by atoms with Crippen LogP contribution in [0, 0.1) is 34.9 Å². The van der Waals surface area contributed by atoms with E-state index >= 15 is 0 Å². The number of halogens is 6. The van der Waals surface area contributed by atoms with Gasteiger partial charge in [-0.15, -0.1) is 0 Å². The fourth-order valence-electron chi connectivity index (χ4n) is 4.33. The van der Waals surface area contributed by atoms with E-state index in [1.807, 2.05) is 0 Å². The number of hydrogen-bond donors (Lipinski definition) is 2. The Morgan fingerprint density at radius 3 is 1.98 bits per heavy atom. The molecule has 0 bridgehead atoms. The third-order valence-corrected chi connectivity index (χ3v) is 6.21. The van der Waals surface area contributed by atoms with Gasteiger partial charge in [-0.3, -0.25) is 19.1 Å². The van der Waals surface area contributed by atoms with Gasteiger partial charge < -0.3 is 10.4 Å². The molecule has 43 heavy (non-hydrogen) atoms. The minimum Gasteiger partial charge on any atom is -0.481 e. The molecule has 1 atom stereocenters. The van der Waals surface area contributed by atoms with Crippen molar-refractivity contribution in [3.63, 3.8) is 0 Å². The molecule has 0 fully saturated rings. The lowest BCUT2D eigenvalue weighted by Gasteiger charge is -2.22. The lowest BCUT2D eigenvalue weighted by Crippen LogP contribution is -2.29. The summed E-state index contributed by atoms with van der Waals surface area (Å²) in [7, 11) is 0. The summed E-state index contributed by atoms with van der Waals surface area (Å²) in [6.07, 6.45) is 5.71. The molecule has 2 aromatic carbocycles. The Bertz CT molecular complexity index is 1640. The smallest absolute Gasteiger partial charge is 0.303 e. The van der Waals surface area contributed by atoms with E-state index in [1.165, 1.54) is 29.3 Å². The van der Waals surface area contributed by atoms with Crippen molar-refractivity contribution in [3.8, 4) is 0 Å². The second kappa shape index (κ2) is 13.2. The average molecular weight is 605 g/mol. The zero-order valence-electron chi connectivity index (χ0n) is 21.9. The fourth-order valence-corrected chi connectivity index (χ4v) is 4.33. The molecule has 15 heteroatoms. The molecule has 0 aliphatic carbocycles. The van der Waals surface area contributed by atoms with Gasteiger partial charge in [-0.1, -0.05) is 0 Å². The number of ketones is 1. The van der Waals surface area contributed by atoms with Crippen LogP contribution in [-0.4, -0.2) is 42.3 Å². The van der Waals surface area contributed by atoms with Crippen LogP contribution >= 0.6 is 0 Å². The molecule has 1 aliphatic rings. The molecule has 1 aliphatic heterocycles. The highest BCUT2D eigenvalue weighted by atomic mass is 19.2. The van der Waals surface area contributed by atoms with Crippen LogP contribution < -0.4 is 5.32 Å². The molecule has 2 N–H and O–H groups in total. The van der Waals surface area contributed by atoms with E-state index in [-0.39, 0.29) is 37.3 Å². The van der Waals surface area contributed by atoms with Crippen LogP contribution in [0.4, 0.5) is 26.3 Å². The van der Waals surface area contributed by atoms with Crippen molar-refractivity contribution in [3.05, 3.63) is 107 Å². The Morgan fingerprint density at radius 2 is 1.44 bits per heavy atom. The number of amides is 1. The summed E-state index contributed by atoms with van der Waals surface area (Å²) < 4.78 is 83.8. The highest BCUT2D eigenvalue weighted by Crippen LogP contribution is 2.30. The van der Waals surface area contributed by atoms with Gasteiger partial charge in [0.15, 0.2) is 5.78 Å². The van der Waals surface area contributed by atoms with E-state index in [4.69, 9.17) is 5.11 Å². The SMILES string of the molecule is O=C(O)CCC(C(=O)c1c(F)cc(F)cc1F)n1cccn1.O=C1CCC(n2cccn2)=C(c2c(F)cc(F)cc2F)N1. The van der Waals surface area contributed by atoms with Crippen LogP contribution in [-0.2, 0) is 9.59 Å². The van der Waals surface area contributed by atoms with Crippen LogP contribution in [0.15, 0.2) is 61.2 Å².